The first-order valence-corrected chi connectivity index (χ1v) is 7.60. The monoisotopic (exact) mass is 315 g/mol. The Morgan fingerprint density at radius 3 is 2.71 bits per heavy atom. The molecule has 120 valence electrons. The molecule has 0 aliphatic carbocycles. The molecule has 5 heteroatoms. The van der Waals surface area contributed by atoms with E-state index in [0.717, 1.165) is 18.5 Å². The molecule has 0 bridgehead atoms. The van der Waals surface area contributed by atoms with E-state index >= 15 is 0 Å². The van der Waals surface area contributed by atoms with Gasteiger partial charge in [-0.25, -0.2) is 0 Å². The van der Waals surface area contributed by atoms with Crippen LogP contribution in [0.15, 0.2) is 18.2 Å². The number of ether oxygens (including phenoxy) is 1. The largest absolute Gasteiger partial charge is 0.491 e. The van der Waals surface area contributed by atoms with Gasteiger partial charge in [0, 0.05) is 24.7 Å². The molecule has 0 aromatic heterocycles. The normalized spacial score (nSPS) is 13.2. The number of nitrogens with one attached hydrogen (secondary N) is 1. The van der Waals surface area contributed by atoms with Crippen LogP contribution in [-0.4, -0.2) is 42.6 Å². The average Bonchev–Trinajstić information content (AvgIpc) is 2.40. The summed E-state index contributed by atoms with van der Waals surface area (Å²) in [5.41, 5.74) is 0.968. The number of hydrogen-bond acceptors (Lipinski definition) is 4. The van der Waals surface area contributed by atoms with Crippen LogP contribution in [0.1, 0.15) is 25.8 Å². The summed E-state index contributed by atoms with van der Waals surface area (Å²) in [7, 11) is 0. The lowest BCUT2D eigenvalue weighted by molar-refractivity contribution is 0.102. The Hall–Kier alpha value is -0.810. The predicted molar refractivity (Wildman–Crippen MR) is 86.0 cm³/mol. The minimum atomic E-state index is -0.578. The molecule has 0 heterocycles. The van der Waals surface area contributed by atoms with Crippen molar-refractivity contribution in [2.75, 3.05) is 26.3 Å². The summed E-state index contributed by atoms with van der Waals surface area (Å²) in [5, 5.41) is 22.8. The smallest absolute Gasteiger partial charge is 0.119 e. The van der Waals surface area contributed by atoms with E-state index in [1.807, 2.05) is 13.0 Å². The van der Waals surface area contributed by atoms with Gasteiger partial charge in [0.1, 0.15) is 18.5 Å². The van der Waals surface area contributed by atoms with Crippen LogP contribution in [0.2, 0.25) is 5.02 Å². The topological polar surface area (TPSA) is 61.7 Å². The number of benzene rings is 1. The molecule has 1 unspecified atom stereocenters. The van der Waals surface area contributed by atoms with Crippen LogP contribution in [0, 0.1) is 12.3 Å². The van der Waals surface area contributed by atoms with E-state index in [2.05, 4.69) is 19.2 Å². The van der Waals surface area contributed by atoms with Crippen LogP contribution < -0.4 is 10.1 Å². The van der Waals surface area contributed by atoms with Crippen molar-refractivity contribution in [1.82, 2.24) is 5.32 Å². The molecular weight excluding hydrogens is 290 g/mol. The number of aliphatic hydroxyl groups excluding tert-OH is 2. The van der Waals surface area contributed by atoms with Crippen LogP contribution in [0.3, 0.4) is 0 Å². The van der Waals surface area contributed by atoms with Gasteiger partial charge in [-0.2, -0.15) is 0 Å². The highest BCUT2D eigenvalue weighted by atomic mass is 35.5. The van der Waals surface area contributed by atoms with Crippen molar-refractivity contribution >= 4 is 11.6 Å². The van der Waals surface area contributed by atoms with E-state index < -0.39 is 6.10 Å². The standard InChI is InChI=1S/C16H26ClNO3/c1-12-8-14(4-5-15(12)17)21-10-13(20)9-18-11-16(2,3)6-7-19/h4-5,8,13,18-20H,6-7,9-11H2,1-3H3. The zero-order valence-corrected chi connectivity index (χ0v) is 13.8. The third kappa shape index (κ3) is 7.14. The zero-order chi connectivity index (χ0) is 15.9. The van der Waals surface area contributed by atoms with Crippen molar-refractivity contribution in [3.8, 4) is 5.75 Å². The van der Waals surface area contributed by atoms with Crippen LogP contribution in [0.5, 0.6) is 5.75 Å². The molecule has 1 aromatic carbocycles. The maximum absolute atomic E-state index is 9.90. The van der Waals surface area contributed by atoms with Crippen LogP contribution in [0.4, 0.5) is 0 Å². The van der Waals surface area contributed by atoms with Gasteiger partial charge in [-0.05, 0) is 42.5 Å². The van der Waals surface area contributed by atoms with Gasteiger partial charge >= 0.3 is 0 Å². The predicted octanol–water partition coefficient (Wildman–Crippen LogP) is 2.39. The van der Waals surface area contributed by atoms with E-state index in [4.69, 9.17) is 21.4 Å². The zero-order valence-electron chi connectivity index (χ0n) is 13.0. The van der Waals surface area contributed by atoms with Gasteiger partial charge in [-0.1, -0.05) is 25.4 Å². The van der Waals surface area contributed by atoms with Gasteiger partial charge in [0.2, 0.25) is 0 Å². The lowest BCUT2D eigenvalue weighted by atomic mass is 9.90. The lowest BCUT2D eigenvalue weighted by Gasteiger charge is -2.24. The number of rotatable bonds is 9. The summed E-state index contributed by atoms with van der Waals surface area (Å²) in [6, 6.07) is 5.43. The molecule has 21 heavy (non-hydrogen) atoms. The number of aliphatic hydroxyl groups is 2. The Kier molecular flexibility index (Phi) is 7.46. The number of aryl methyl sites for hydroxylation is 1. The Morgan fingerprint density at radius 2 is 2.10 bits per heavy atom. The van der Waals surface area contributed by atoms with Crippen LogP contribution in [-0.2, 0) is 0 Å². The second-order valence-electron chi connectivity index (χ2n) is 6.14. The summed E-state index contributed by atoms with van der Waals surface area (Å²) < 4.78 is 5.55. The quantitative estimate of drug-likeness (QED) is 0.655. The molecule has 0 aliphatic rings. The van der Waals surface area contributed by atoms with Gasteiger partial charge in [0.05, 0.1) is 0 Å². The van der Waals surface area contributed by atoms with E-state index in [1.54, 1.807) is 12.1 Å². The second-order valence-corrected chi connectivity index (χ2v) is 6.55. The molecule has 0 aliphatic heterocycles. The third-order valence-electron chi connectivity index (χ3n) is 3.34. The van der Waals surface area contributed by atoms with Crippen LogP contribution in [0.25, 0.3) is 0 Å². The summed E-state index contributed by atoms with van der Waals surface area (Å²) in [6.07, 6.45) is 0.155. The Labute approximate surface area is 132 Å². The maximum Gasteiger partial charge on any atom is 0.119 e. The van der Waals surface area contributed by atoms with E-state index in [-0.39, 0.29) is 18.6 Å². The van der Waals surface area contributed by atoms with Crippen molar-refractivity contribution in [2.24, 2.45) is 5.41 Å². The van der Waals surface area contributed by atoms with E-state index in [9.17, 15) is 5.11 Å². The van der Waals surface area contributed by atoms with E-state index in [1.165, 1.54) is 0 Å². The molecule has 1 atom stereocenters. The minimum absolute atomic E-state index is 0.0165. The first-order valence-electron chi connectivity index (χ1n) is 7.22. The fourth-order valence-corrected chi connectivity index (χ4v) is 2.04. The fourth-order valence-electron chi connectivity index (χ4n) is 1.93. The van der Waals surface area contributed by atoms with Gasteiger partial charge in [-0.15, -0.1) is 0 Å². The fraction of sp³-hybridized carbons (Fsp3) is 0.625. The molecule has 4 nitrogen and oxygen atoms in total. The molecule has 1 aromatic rings. The summed E-state index contributed by atoms with van der Waals surface area (Å²) >= 11 is 5.95. The Balaban J connectivity index is 2.27. The van der Waals surface area contributed by atoms with Gasteiger partial charge in [0.25, 0.3) is 0 Å². The Morgan fingerprint density at radius 1 is 1.38 bits per heavy atom. The first-order chi connectivity index (χ1) is 9.84. The molecule has 1 rings (SSSR count). The first kappa shape index (κ1) is 18.2. The van der Waals surface area contributed by atoms with Gasteiger partial charge in [-0.3, -0.25) is 0 Å². The highest BCUT2D eigenvalue weighted by molar-refractivity contribution is 6.31. The molecule has 3 N–H and O–H groups in total. The molecule has 0 spiro atoms. The molecule has 0 radical (unpaired) electrons. The lowest BCUT2D eigenvalue weighted by Crippen LogP contribution is -2.37. The van der Waals surface area contributed by atoms with Gasteiger partial charge in [0.15, 0.2) is 0 Å². The van der Waals surface area contributed by atoms with Crippen LogP contribution >= 0.6 is 11.6 Å². The third-order valence-corrected chi connectivity index (χ3v) is 3.77. The van der Waals surface area contributed by atoms with E-state index in [0.29, 0.717) is 17.3 Å². The second kappa shape index (κ2) is 8.59. The summed E-state index contributed by atoms with van der Waals surface area (Å²) in [6.45, 7) is 7.68. The molecule has 0 saturated carbocycles. The van der Waals surface area contributed by atoms with Crippen molar-refractivity contribution in [3.63, 3.8) is 0 Å². The van der Waals surface area contributed by atoms with Crippen molar-refractivity contribution in [2.45, 2.75) is 33.3 Å². The molecule has 0 saturated heterocycles. The van der Waals surface area contributed by atoms with Gasteiger partial charge < -0.3 is 20.3 Å². The molecular formula is C16H26ClNO3. The van der Waals surface area contributed by atoms with Crippen molar-refractivity contribution in [1.29, 1.82) is 0 Å². The molecule has 0 fully saturated rings. The SMILES string of the molecule is Cc1cc(OCC(O)CNCC(C)(C)CCO)ccc1Cl. The Bertz CT molecular complexity index is 438. The van der Waals surface area contributed by atoms with Crippen molar-refractivity contribution < 1.29 is 14.9 Å². The average molecular weight is 316 g/mol. The number of halogens is 1. The molecule has 0 amide bonds. The highest BCUT2D eigenvalue weighted by Crippen LogP contribution is 2.21. The maximum atomic E-state index is 9.90. The minimum Gasteiger partial charge on any atom is -0.491 e. The number of hydrogen-bond donors (Lipinski definition) is 3. The van der Waals surface area contributed by atoms with Crippen molar-refractivity contribution in [3.05, 3.63) is 28.8 Å². The summed E-state index contributed by atoms with van der Waals surface area (Å²) in [4.78, 5) is 0. The summed E-state index contributed by atoms with van der Waals surface area (Å²) in [5.74, 6) is 0.705. The highest BCUT2D eigenvalue weighted by Gasteiger charge is 2.17.